The lowest BCUT2D eigenvalue weighted by atomic mass is 9.96. The van der Waals surface area contributed by atoms with E-state index in [2.05, 4.69) is 39.1 Å². The third kappa shape index (κ3) is 1.65. The van der Waals surface area contributed by atoms with Crippen LogP contribution in [-0.4, -0.2) is 6.04 Å². The highest BCUT2D eigenvalue weighted by Gasteiger charge is 2.12. The molecule has 11 heavy (non-hydrogen) atoms. The summed E-state index contributed by atoms with van der Waals surface area (Å²) in [5.74, 6) is 0. The van der Waals surface area contributed by atoms with Crippen LogP contribution in [0.15, 0.2) is 22.9 Å². The van der Waals surface area contributed by atoms with Gasteiger partial charge in [-0.25, -0.2) is 0 Å². The van der Waals surface area contributed by atoms with Gasteiger partial charge in [0.1, 0.15) is 0 Å². The van der Waals surface area contributed by atoms with Crippen LogP contribution in [0.4, 0.5) is 0 Å². The van der Waals surface area contributed by atoms with Gasteiger partial charge in [0.25, 0.3) is 0 Å². The average molecular weight is 151 g/mol. The van der Waals surface area contributed by atoms with Crippen LogP contribution >= 0.6 is 0 Å². The van der Waals surface area contributed by atoms with Crippen molar-refractivity contribution in [3.8, 4) is 0 Å². The van der Waals surface area contributed by atoms with Crippen molar-refractivity contribution in [2.45, 2.75) is 40.2 Å². The second-order valence-electron chi connectivity index (χ2n) is 3.26. The molecule has 0 saturated heterocycles. The van der Waals surface area contributed by atoms with Gasteiger partial charge >= 0.3 is 0 Å². The van der Waals surface area contributed by atoms with Gasteiger partial charge in [-0.05, 0) is 44.4 Å². The maximum Gasteiger partial charge on any atom is 0.0447 e. The van der Waals surface area contributed by atoms with E-state index < -0.39 is 0 Å². The van der Waals surface area contributed by atoms with E-state index in [4.69, 9.17) is 0 Å². The van der Waals surface area contributed by atoms with Crippen LogP contribution in [0.25, 0.3) is 0 Å². The van der Waals surface area contributed by atoms with Crippen LogP contribution in [0.2, 0.25) is 0 Å². The van der Waals surface area contributed by atoms with Gasteiger partial charge < -0.3 is 5.32 Å². The molecule has 1 heterocycles. The van der Waals surface area contributed by atoms with Crippen LogP contribution in [0.5, 0.6) is 0 Å². The predicted octanol–water partition coefficient (Wildman–Crippen LogP) is 2.61. The van der Waals surface area contributed by atoms with Crippen molar-refractivity contribution in [1.29, 1.82) is 0 Å². The van der Waals surface area contributed by atoms with Crippen LogP contribution < -0.4 is 5.32 Å². The van der Waals surface area contributed by atoms with Crippen molar-refractivity contribution in [2.24, 2.45) is 0 Å². The Bertz CT molecular complexity index is 211. The minimum absolute atomic E-state index is 0.532. The molecule has 0 radical (unpaired) electrons. The largest absolute Gasteiger partial charge is 0.382 e. The van der Waals surface area contributed by atoms with E-state index in [0.717, 1.165) is 6.42 Å². The average Bonchev–Trinajstić information content (AvgIpc) is 1.85. The summed E-state index contributed by atoms with van der Waals surface area (Å²) in [7, 11) is 0. The number of dihydropyridines is 1. The zero-order chi connectivity index (χ0) is 8.43. The summed E-state index contributed by atoms with van der Waals surface area (Å²) >= 11 is 0. The van der Waals surface area contributed by atoms with Gasteiger partial charge in [0, 0.05) is 11.7 Å². The number of nitrogens with one attached hydrogen (secondary N) is 1. The zero-order valence-electron chi connectivity index (χ0n) is 7.86. The lowest BCUT2D eigenvalue weighted by Crippen LogP contribution is -2.29. The molecule has 1 aliphatic rings. The molecule has 1 atom stereocenters. The number of hydrogen-bond acceptors (Lipinski definition) is 1. The minimum Gasteiger partial charge on any atom is -0.382 e. The maximum absolute atomic E-state index is 3.41. The summed E-state index contributed by atoms with van der Waals surface area (Å²) in [6.45, 7) is 8.75. The lowest BCUT2D eigenvalue weighted by Gasteiger charge is -2.24. The van der Waals surface area contributed by atoms with Crippen LogP contribution in [0, 0.1) is 0 Å². The Morgan fingerprint density at radius 3 is 2.55 bits per heavy atom. The first-order valence-corrected chi connectivity index (χ1v) is 4.29. The van der Waals surface area contributed by atoms with Gasteiger partial charge in [-0.3, -0.25) is 0 Å². The van der Waals surface area contributed by atoms with Crippen molar-refractivity contribution >= 4 is 0 Å². The van der Waals surface area contributed by atoms with Crippen molar-refractivity contribution in [1.82, 2.24) is 5.32 Å². The Hall–Kier alpha value is -0.720. The second-order valence-corrected chi connectivity index (χ2v) is 3.26. The molecule has 1 unspecified atom stereocenters. The van der Waals surface area contributed by atoms with Crippen molar-refractivity contribution in [2.75, 3.05) is 0 Å². The fourth-order valence-corrected chi connectivity index (χ4v) is 1.81. The Morgan fingerprint density at radius 1 is 1.45 bits per heavy atom. The normalized spacial score (nSPS) is 24.7. The van der Waals surface area contributed by atoms with E-state index in [1.165, 1.54) is 16.8 Å². The van der Waals surface area contributed by atoms with Crippen LogP contribution in [0.3, 0.4) is 0 Å². The summed E-state index contributed by atoms with van der Waals surface area (Å²) in [5.41, 5.74) is 4.26. The number of rotatable bonds is 1. The molecule has 0 bridgehead atoms. The lowest BCUT2D eigenvalue weighted by molar-refractivity contribution is 0.652. The Morgan fingerprint density at radius 2 is 2.09 bits per heavy atom. The van der Waals surface area contributed by atoms with Gasteiger partial charge in [-0.15, -0.1) is 0 Å². The van der Waals surface area contributed by atoms with E-state index in [-0.39, 0.29) is 0 Å². The Labute approximate surface area is 69.2 Å². The molecule has 0 fully saturated rings. The summed E-state index contributed by atoms with van der Waals surface area (Å²) in [6, 6.07) is 0.532. The maximum atomic E-state index is 3.41. The molecule has 1 nitrogen and oxygen atoms in total. The molecule has 1 N–H and O–H groups in total. The van der Waals surface area contributed by atoms with E-state index in [1.54, 1.807) is 0 Å². The molecule has 0 saturated carbocycles. The minimum atomic E-state index is 0.532. The highest BCUT2D eigenvalue weighted by molar-refractivity contribution is 5.33. The first kappa shape index (κ1) is 8.38. The molecule has 0 amide bonds. The monoisotopic (exact) mass is 151 g/mol. The van der Waals surface area contributed by atoms with E-state index in [9.17, 15) is 0 Å². The first-order valence-electron chi connectivity index (χ1n) is 4.29. The highest BCUT2D eigenvalue weighted by Crippen LogP contribution is 2.19. The zero-order valence-corrected chi connectivity index (χ0v) is 7.86. The molecular formula is C10H17N. The van der Waals surface area contributed by atoms with Gasteiger partial charge in [0.2, 0.25) is 0 Å². The third-order valence-corrected chi connectivity index (χ3v) is 2.29. The molecule has 0 aromatic carbocycles. The first-order chi connectivity index (χ1) is 5.15. The molecule has 0 aromatic heterocycles. The summed E-state index contributed by atoms with van der Waals surface area (Å²) in [5, 5.41) is 3.41. The standard InChI is InChI=1S/C10H17N/c1-5-10-7(2)6-8(3)11-9(10)4/h6,9,11H,5H2,1-4H3. The molecular weight excluding hydrogens is 134 g/mol. The van der Waals surface area contributed by atoms with Crippen LogP contribution in [-0.2, 0) is 0 Å². The van der Waals surface area contributed by atoms with Gasteiger partial charge in [-0.1, -0.05) is 6.92 Å². The SMILES string of the molecule is CCC1=C(C)C=C(C)NC1C. The quantitative estimate of drug-likeness (QED) is 0.607. The fourth-order valence-electron chi connectivity index (χ4n) is 1.81. The molecule has 0 spiro atoms. The van der Waals surface area contributed by atoms with Crippen molar-refractivity contribution in [3.05, 3.63) is 22.9 Å². The third-order valence-electron chi connectivity index (χ3n) is 2.29. The topological polar surface area (TPSA) is 12.0 Å². The Balaban J connectivity index is 2.92. The fraction of sp³-hybridized carbons (Fsp3) is 0.600. The number of hydrogen-bond donors (Lipinski definition) is 1. The van der Waals surface area contributed by atoms with E-state index in [1.807, 2.05) is 0 Å². The van der Waals surface area contributed by atoms with Crippen molar-refractivity contribution in [3.63, 3.8) is 0 Å². The van der Waals surface area contributed by atoms with Gasteiger partial charge in [-0.2, -0.15) is 0 Å². The molecule has 1 heteroatoms. The smallest absolute Gasteiger partial charge is 0.0447 e. The number of allylic oxidation sites excluding steroid dienone is 3. The highest BCUT2D eigenvalue weighted by atomic mass is 14.9. The molecule has 1 aliphatic heterocycles. The van der Waals surface area contributed by atoms with Crippen molar-refractivity contribution < 1.29 is 0 Å². The van der Waals surface area contributed by atoms with Gasteiger partial charge in [0.15, 0.2) is 0 Å². The Kier molecular flexibility index (Phi) is 2.38. The van der Waals surface area contributed by atoms with E-state index >= 15 is 0 Å². The predicted molar refractivity (Wildman–Crippen MR) is 49.3 cm³/mol. The van der Waals surface area contributed by atoms with E-state index in [0.29, 0.717) is 6.04 Å². The molecule has 0 aromatic rings. The molecule has 1 rings (SSSR count). The second kappa shape index (κ2) is 3.12. The van der Waals surface area contributed by atoms with Gasteiger partial charge in [0.05, 0.1) is 0 Å². The summed E-state index contributed by atoms with van der Waals surface area (Å²) in [6.07, 6.45) is 3.38. The van der Waals surface area contributed by atoms with Crippen LogP contribution in [0.1, 0.15) is 34.1 Å². The summed E-state index contributed by atoms with van der Waals surface area (Å²) < 4.78 is 0. The summed E-state index contributed by atoms with van der Waals surface area (Å²) in [4.78, 5) is 0. The molecule has 62 valence electrons. The molecule has 0 aliphatic carbocycles.